The van der Waals surface area contributed by atoms with Crippen LogP contribution < -0.4 is 14.2 Å². The van der Waals surface area contributed by atoms with E-state index in [1.54, 1.807) is 12.1 Å². The molecule has 0 saturated heterocycles. The first-order valence-electron chi connectivity index (χ1n) is 5.16. The van der Waals surface area contributed by atoms with Gasteiger partial charge in [-0.05, 0) is 12.1 Å². The molecule has 0 unspecified atom stereocenters. The summed E-state index contributed by atoms with van der Waals surface area (Å²) < 4.78 is 15.5. The molecule has 18 heavy (non-hydrogen) atoms. The van der Waals surface area contributed by atoms with Gasteiger partial charge in [0.05, 0.1) is 31.8 Å². The fourth-order valence-corrected chi connectivity index (χ4v) is 1.51. The number of hydrogen-bond donors (Lipinski definition) is 0. The maximum Gasteiger partial charge on any atom is 0.244 e. The van der Waals surface area contributed by atoms with Crippen LogP contribution >= 0.6 is 0 Å². The third kappa shape index (κ3) is 2.71. The first-order chi connectivity index (χ1) is 8.54. The van der Waals surface area contributed by atoms with E-state index in [0.29, 0.717) is 22.8 Å². The summed E-state index contributed by atoms with van der Waals surface area (Å²) in [5.41, 5.74) is 0.466. The van der Waals surface area contributed by atoms with Gasteiger partial charge in [0, 0.05) is 13.0 Å². The molecule has 0 bridgehead atoms. The monoisotopic (exact) mass is 253 g/mol. The minimum absolute atomic E-state index is 0.0140. The molecule has 0 aromatic heterocycles. The fourth-order valence-electron chi connectivity index (χ4n) is 1.51. The highest BCUT2D eigenvalue weighted by molar-refractivity contribution is 5.69. The molecule has 0 aliphatic carbocycles. The third-order valence-electron chi connectivity index (χ3n) is 2.41. The Bertz CT molecular complexity index is 482. The van der Waals surface area contributed by atoms with Crippen molar-refractivity contribution < 1.29 is 19.1 Å². The SMILES string of the molecule is COc1ccc(OC)c(OC)c1/C=C(\C)[N+](=O)[O-]. The fraction of sp³-hybridized carbons (Fsp3) is 0.333. The summed E-state index contributed by atoms with van der Waals surface area (Å²) in [7, 11) is 4.45. The summed E-state index contributed by atoms with van der Waals surface area (Å²) in [4.78, 5) is 10.2. The van der Waals surface area contributed by atoms with Crippen molar-refractivity contribution >= 4 is 6.08 Å². The Morgan fingerprint density at radius 2 is 1.72 bits per heavy atom. The largest absolute Gasteiger partial charge is 0.496 e. The van der Waals surface area contributed by atoms with Gasteiger partial charge in [-0.15, -0.1) is 0 Å². The first kappa shape index (κ1) is 13.8. The van der Waals surface area contributed by atoms with Gasteiger partial charge < -0.3 is 14.2 Å². The number of ether oxygens (including phenoxy) is 3. The zero-order valence-corrected chi connectivity index (χ0v) is 10.7. The molecule has 0 spiro atoms. The highest BCUT2D eigenvalue weighted by Gasteiger charge is 2.16. The molecule has 0 aliphatic rings. The van der Waals surface area contributed by atoms with Crippen LogP contribution in [-0.2, 0) is 0 Å². The van der Waals surface area contributed by atoms with Crippen LogP contribution in [0.25, 0.3) is 6.08 Å². The van der Waals surface area contributed by atoms with E-state index in [1.165, 1.54) is 34.3 Å². The maximum atomic E-state index is 10.7. The molecule has 0 N–H and O–H groups in total. The smallest absolute Gasteiger partial charge is 0.244 e. The number of hydrogen-bond acceptors (Lipinski definition) is 5. The summed E-state index contributed by atoms with van der Waals surface area (Å²) >= 11 is 0. The molecule has 0 atom stereocenters. The van der Waals surface area contributed by atoms with Gasteiger partial charge in [0.2, 0.25) is 5.70 Å². The minimum atomic E-state index is -0.474. The standard InChI is InChI=1S/C12H15NO5/c1-8(13(14)15)7-9-10(16-2)5-6-11(17-3)12(9)18-4/h5-7H,1-4H3/b8-7+. The molecule has 6 nitrogen and oxygen atoms in total. The molecular formula is C12H15NO5. The van der Waals surface area contributed by atoms with Gasteiger partial charge >= 0.3 is 0 Å². The molecule has 0 heterocycles. The van der Waals surface area contributed by atoms with Crippen molar-refractivity contribution in [1.29, 1.82) is 0 Å². The van der Waals surface area contributed by atoms with Crippen LogP contribution in [0, 0.1) is 10.1 Å². The average Bonchev–Trinajstić information content (AvgIpc) is 2.37. The van der Waals surface area contributed by atoms with Crippen LogP contribution in [0.2, 0.25) is 0 Å². The summed E-state index contributed by atoms with van der Waals surface area (Å²) in [6, 6.07) is 3.34. The van der Waals surface area contributed by atoms with Crippen LogP contribution in [0.4, 0.5) is 0 Å². The Kier molecular flexibility index (Phi) is 4.53. The minimum Gasteiger partial charge on any atom is -0.496 e. The van der Waals surface area contributed by atoms with E-state index >= 15 is 0 Å². The second kappa shape index (κ2) is 5.90. The molecule has 1 aromatic rings. The number of rotatable bonds is 5. The molecule has 0 amide bonds. The normalized spacial score (nSPS) is 11.0. The van der Waals surface area contributed by atoms with Gasteiger partial charge in [0.15, 0.2) is 11.5 Å². The number of nitro groups is 1. The van der Waals surface area contributed by atoms with Gasteiger partial charge in [-0.25, -0.2) is 0 Å². The van der Waals surface area contributed by atoms with Crippen molar-refractivity contribution in [3.8, 4) is 17.2 Å². The van der Waals surface area contributed by atoms with E-state index in [9.17, 15) is 10.1 Å². The van der Waals surface area contributed by atoms with E-state index in [4.69, 9.17) is 14.2 Å². The van der Waals surface area contributed by atoms with Gasteiger partial charge in [-0.2, -0.15) is 0 Å². The van der Waals surface area contributed by atoms with Gasteiger partial charge in [-0.1, -0.05) is 0 Å². The van der Waals surface area contributed by atoms with Crippen LogP contribution in [0.1, 0.15) is 12.5 Å². The van der Waals surface area contributed by atoms with Gasteiger partial charge in [-0.3, -0.25) is 10.1 Å². The lowest BCUT2D eigenvalue weighted by atomic mass is 10.1. The zero-order valence-electron chi connectivity index (χ0n) is 10.7. The quantitative estimate of drug-likeness (QED) is 0.595. The molecule has 0 fully saturated rings. The Morgan fingerprint density at radius 1 is 1.17 bits per heavy atom. The highest BCUT2D eigenvalue weighted by atomic mass is 16.6. The van der Waals surface area contributed by atoms with Gasteiger partial charge in [0.25, 0.3) is 0 Å². The van der Waals surface area contributed by atoms with E-state index < -0.39 is 4.92 Å². The molecule has 0 aliphatic heterocycles. The predicted molar refractivity (Wildman–Crippen MR) is 66.7 cm³/mol. The number of nitrogens with zero attached hydrogens (tertiary/aromatic N) is 1. The van der Waals surface area contributed by atoms with Crippen molar-refractivity contribution in [2.45, 2.75) is 6.92 Å². The Morgan fingerprint density at radius 3 is 2.17 bits per heavy atom. The van der Waals surface area contributed by atoms with E-state index in [2.05, 4.69) is 0 Å². The van der Waals surface area contributed by atoms with Crippen molar-refractivity contribution in [2.24, 2.45) is 0 Å². The maximum absolute atomic E-state index is 10.7. The molecule has 0 saturated carbocycles. The average molecular weight is 253 g/mol. The lowest BCUT2D eigenvalue weighted by Crippen LogP contribution is -1.99. The summed E-state index contributed by atoms with van der Waals surface area (Å²) in [6.07, 6.45) is 1.39. The number of benzene rings is 1. The third-order valence-corrected chi connectivity index (χ3v) is 2.41. The predicted octanol–water partition coefficient (Wildman–Crippen LogP) is 2.35. The second-order valence-corrected chi connectivity index (χ2v) is 3.46. The molecule has 6 heteroatoms. The number of allylic oxidation sites excluding steroid dienone is 1. The van der Waals surface area contributed by atoms with Crippen LogP contribution in [-0.4, -0.2) is 26.3 Å². The Labute approximate surface area is 105 Å². The summed E-state index contributed by atoms with van der Waals surface area (Å²) in [5.74, 6) is 1.37. The van der Waals surface area contributed by atoms with E-state index in [-0.39, 0.29) is 5.70 Å². The van der Waals surface area contributed by atoms with Crippen LogP contribution in [0.3, 0.4) is 0 Å². The zero-order chi connectivity index (χ0) is 13.7. The highest BCUT2D eigenvalue weighted by Crippen LogP contribution is 2.38. The lowest BCUT2D eigenvalue weighted by molar-refractivity contribution is -0.422. The molecule has 1 rings (SSSR count). The topological polar surface area (TPSA) is 70.8 Å². The molecular weight excluding hydrogens is 238 g/mol. The number of methoxy groups -OCH3 is 3. The van der Waals surface area contributed by atoms with Gasteiger partial charge in [0.1, 0.15) is 5.75 Å². The Balaban J connectivity index is 3.46. The van der Waals surface area contributed by atoms with Crippen molar-refractivity contribution in [2.75, 3.05) is 21.3 Å². The lowest BCUT2D eigenvalue weighted by Gasteiger charge is -2.13. The van der Waals surface area contributed by atoms with Crippen molar-refractivity contribution in [3.05, 3.63) is 33.5 Å². The molecule has 0 radical (unpaired) electrons. The second-order valence-electron chi connectivity index (χ2n) is 3.46. The van der Waals surface area contributed by atoms with Crippen LogP contribution in [0.15, 0.2) is 17.8 Å². The Hall–Kier alpha value is -2.24. The molecule has 98 valence electrons. The van der Waals surface area contributed by atoms with E-state index in [0.717, 1.165) is 0 Å². The van der Waals surface area contributed by atoms with Crippen molar-refractivity contribution in [3.63, 3.8) is 0 Å². The van der Waals surface area contributed by atoms with E-state index in [1.807, 2.05) is 0 Å². The molecule has 1 aromatic carbocycles. The first-order valence-corrected chi connectivity index (χ1v) is 5.16. The summed E-state index contributed by atoms with van der Waals surface area (Å²) in [5, 5.41) is 10.7. The van der Waals surface area contributed by atoms with Crippen molar-refractivity contribution in [1.82, 2.24) is 0 Å². The summed E-state index contributed by atoms with van der Waals surface area (Å²) in [6.45, 7) is 1.40. The van der Waals surface area contributed by atoms with Crippen LogP contribution in [0.5, 0.6) is 17.2 Å².